The number of nitrogens with one attached hydrogen (secondary N) is 1. The molecule has 1 saturated heterocycles. The first-order valence-corrected chi connectivity index (χ1v) is 7.00. The molecule has 22 heavy (non-hydrogen) atoms. The Morgan fingerprint density at radius 1 is 1.23 bits per heavy atom. The number of alkyl halides is 2. The number of rotatable bonds is 4. The number of halogens is 2. The Balaban J connectivity index is 1.84. The molecule has 0 aromatic heterocycles. The Morgan fingerprint density at radius 3 is 2.68 bits per heavy atom. The van der Waals surface area contributed by atoms with Crippen molar-refractivity contribution in [2.24, 2.45) is 0 Å². The fourth-order valence-electron chi connectivity index (χ4n) is 2.61. The van der Waals surface area contributed by atoms with Crippen LogP contribution in [0.3, 0.4) is 0 Å². The van der Waals surface area contributed by atoms with Crippen molar-refractivity contribution >= 4 is 5.70 Å². The van der Waals surface area contributed by atoms with Crippen LogP contribution in [0.5, 0.6) is 11.5 Å². The maximum atomic E-state index is 12.3. The average Bonchev–Trinajstić information content (AvgIpc) is 2.91. The average molecular weight is 313 g/mol. The highest BCUT2D eigenvalue weighted by molar-refractivity contribution is 5.68. The largest absolute Gasteiger partial charge is 0.493 e. The Hall–Kier alpha value is -1.86. The molecular weight excluding hydrogens is 296 g/mol. The van der Waals surface area contributed by atoms with Crippen LogP contribution in [-0.2, 0) is 9.57 Å². The van der Waals surface area contributed by atoms with Crippen LogP contribution >= 0.6 is 0 Å². The molecule has 0 bridgehead atoms. The second-order valence-electron chi connectivity index (χ2n) is 5.18. The minimum atomic E-state index is -2.89. The lowest BCUT2D eigenvalue weighted by Crippen LogP contribution is -2.36. The molecule has 5 nitrogen and oxygen atoms in total. The Bertz CT molecular complexity index is 571. The number of hydrogen-bond donors (Lipinski definition) is 1. The van der Waals surface area contributed by atoms with Gasteiger partial charge >= 0.3 is 6.61 Å². The van der Waals surface area contributed by atoms with Gasteiger partial charge in [0.05, 0.1) is 12.8 Å². The van der Waals surface area contributed by atoms with Crippen molar-refractivity contribution in [3.05, 3.63) is 29.8 Å². The van der Waals surface area contributed by atoms with E-state index in [9.17, 15) is 8.78 Å². The van der Waals surface area contributed by atoms with E-state index in [1.165, 1.54) is 13.2 Å². The zero-order valence-electron chi connectivity index (χ0n) is 12.1. The molecule has 1 fully saturated rings. The smallest absolute Gasteiger partial charge is 0.387 e. The van der Waals surface area contributed by atoms with Crippen molar-refractivity contribution in [1.82, 2.24) is 5.48 Å². The number of hydrogen-bond acceptors (Lipinski definition) is 5. The number of ether oxygens (including phenoxy) is 3. The van der Waals surface area contributed by atoms with Gasteiger partial charge in [0.25, 0.3) is 0 Å². The lowest BCUT2D eigenvalue weighted by Gasteiger charge is -2.29. The summed E-state index contributed by atoms with van der Waals surface area (Å²) in [6.45, 7) is -1.59. The van der Waals surface area contributed by atoms with Gasteiger partial charge in [-0.05, 0) is 24.3 Å². The van der Waals surface area contributed by atoms with E-state index in [1.54, 1.807) is 12.1 Å². The molecule has 0 atom stereocenters. The Labute approximate surface area is 126 Å². The van der Waals surface area contributed by atoms with Gasteiger partial charge in [-0.3, -0.25) is 10.3 Å². The minimum absolute atomic E-state index is 0.00143. The van der Waals surface area contributed by atoms with E-state index in [4.69, 9.17) is 14.3 Å². The van der Waals surface area contributed by atoms with Crippen LogP contribution in [0.25, 0.3) is 5.70 Å². The molecule has 120 valence electrons. The first kappa shape index (κ1) is 15.1. The zero-order valence-corrected chi connectivity index (χ0v) is 12.1. The minimum Gasteiger partial charge on any atom is -0.493 e. The summed E-state index contributed by atoms with van der Waals surface area (Å²) in [5.41, 5.74) is 4.10. The lowest BCUT2D eigenvalue weighted by molar-refractivity contribution is -0.0955. The highest BCUT2D eigenvalue weighted by Gasteiger charge is 2.37. The Kier molecular flexibility index (Phi) is 4.17. The van der Waals surface area contributed by atoms with E-state index in [0.29, 0.717) is 13.2 Å². The van der Waals surface area contributed by atoms with Crippen LogP contribution in [0.15, 0.2) is 24.3 Å². The third-order valence-corrected chi connectivity index (χ3v) is 3.80. The molecule has 0 saturated carbocycles. The molecule has 1 N–H and O–H groups in total. The fraction of sp³-hybridized carbons (Fsp3) is 0.467. The standard InChI is InChI=1S/C15H17F2NO4/c1-19-13-8-10(2-3-12(13)21-14(16)17)11-9-15(22-18-11)4-6-20-7-5-15/h2-3,8-9,14,18H,4-7H2,1H3. The first-order chi connectivity index (χ1) is 10.6. The molecule has 1 aromatic carbocycles. The second-order valence-corrected chi connectivity index (χ2v) is 5.18. The third kappa shape index (κ3) is 3.00. The maximum absolute atomic E-state index is 12.3. The van der Waals surface area contributed by atoms with Crippen LogP contribution < -0.4 is 15.0 Å². The zero-order chi connectivity index (χ0) is 15.6. The molecule has 0 amide bonds. The summed E-state index contributed by atoms with van der Waals surface area (Å²) in [7, 11) is 1.41. The molecule has 1 aromatic rings. The highest BCUT2D eigenvalue weighted by Crippen LogP contribution is 2.36. The molecule has 0 radical (unpaired) electrons. The van der Waals surface area contributed by atoms with Gasteiger partial charge < -0.3 is 14.2 Å². The summed E-state index contributed by atoms with van der Waals surface area (Å²) in [4.78, 5) is 5.70. The van der Waals surface area contributed by atoms with E-state index in [2.05, 4.69) is 10.2 Å². The van der Waals surface area contributed by atoms with Crippen LogP contribution in [0.2, 0.25) is 0 Å². The highest BCUT2D eigenvalue weighted by atomic mass is 19.3. The van der Waals surface area contributed by atoms with Crippen LogP contribution in [0.4, 0.5) is 8.78 Å². The van der Waals surface area contributed by atoms with Gasteiger partial charge in [0.15, 0.2) is 11.5 Å². The predicted octanol–water partition coefficient (Wildman–Crippen LogP) is 2.72. The van der Waals surface area contributed by atoms with Crippen LogP contribution in [0, 0.1) is 0 Å². The molecule has 7 heteroatoms. The molecule has 0 unspecified atom stereocenters. The molecule has 0 aliphatic carbocycles. The second kappa shape index (κ2) is 6.10. The third-order valence-electron chi connectivity index (χ3n) is 3.80. The van der Waals surface area contributed by atoms with E-state index in [1.807, 2.05) is 6.08 Å². The van der Waals surface area contributed by atoms with E-state index in [0.717, 1.165) is 24.1 Å². The van der Waals surface area contributed by atoms with Gasteiger partial charge in [0.1, 0.15) is 5.60 Å². The molecular formula is C15H17F2NO4. The maximum Gasteiger partial charge on any atom is 0.387 e. The molecule has 2 heterocycles. The monoisotopic (exact) mass is 313 g/mol. The van der Waals surface area contributed by atoms with Gasteiger partial charge in [-0.1, -0.05) is 0 Å². The van der Waals surface area contributed by atoms with E-state index < -0.39 is 6.61 Å². The van der Waals surface area contributed by atoms with Gasteiger partial charge in [-0.2, -0.15) is 8.78 Å². The van der Waals surface area contributed by atoms with Crippen molar-refractivity contribution in [3.8, 4) is 11.5 Å². The lowest BCUT2D eigenvalue weighted by atomic mass is 9.93. The summed E-state index contributed by atoms with van der Waals surface area (Å²) in [6, 6.07) is 4.77. The Morgan fingerprint density at radius 2 is 2.00 bits per heavy atom. The predicted molar refractivity (Wildman–Crippen MR) is 74.6 cm³/mol. The summed E-state index contributed by atoms with van der Waals surface area (Å²) in [5, 5.41) is 0. The van der Waals surface area contributed by atoms with Gasteiger partial charge in [-0.25, -0.2) is 0 Å². The summed E-state index contributed by atoms with van der Waals surface area (Å²) in [5.74, 6) is 0.245. The quantitative estimate of drug-likeness (QED) is 0.926. The normalized spacial score (nSPS) is 19.9. The van der Waals surface area contributed by atoms with Crippen LogP contribution in [0.1, 0.15) is 18.4 Å². The SMILES string of the molecule is COc1cc(C2=CC3(CCOCC3)ON2)ccc1OC(F)F. The molecule has 2 aliphatic heterocycles. The summed E-state index contributed by atoms with van der Waals surface area (Å²) in [6.07, 6.45) is 3.55. The number of hydroxylamine groups is 1. The topological polar surface area (TPSA) is 49.0 Å². The van der Waals surface area contributed by atoms with Crippen molar-refractivity contribution in [1.29, 1.82) is 0 Å². The van der Waals surface area contributed by atoms with Gasteiger partial charge in [0, 0.05) is 31.6 Å². The first-order valence-electron chi connectivity index (χ1n) is 7.00. The molecule has 1 spiro atoms. The van der Waals surface area contributed by atoms with E-state index in [-0.39, 0.29) is 17.1 Å². The van der Waals surface area contributed by atoms with E-state index >= 15 is 0 Å². The summed E-state index contributed by atoms with van der Waals surface area (Å²) >= 11 is 0. The van der Waals surface area contributed by atoms with Gasteiger partial charge in [0.2, 0.25) is 0 Å². The molecule has 2 aliphatic rings. The van der Waals surface area contributed by atoms with Crippen molar-refractivity contribution in [2.75, 3.05) is 20.3 Å². The van der Waals surface area contributed by atoms with Crippen molar-refractivity contribution in [2.45, 2.75) is 25.1 Å². The van der Waals surface area contributed by atoms with Crippen molar-refractivity contribution < 1.29 is 27.8 Å². The van der Waals surface area contributed by atoms with Gasteiger partial charge in [-0.15, -0.1) is 0 Å². The summed E-state index contributed by atoms with van der Waals surface area (Å²) < 4.78 is 39.6. The van der Waals surface area contributed by atoms with Crippen LogP contribution in [-0.4, -0.2) is 32.5 Å². The fourth-order valence-corrected chi connectivity index (χ4v) is 2.61. The number of methoxy groups -OCH3 is 1. The number of benzene rings is 1. The van der Waals surface area contributed by atoms with Crippen molar-refractivity contribution in [3.63, 3.8) is 0 Å². The molecule has 3 rings (SSSR count).